The van der Waals surface area contributed by atoms with Gasteiger partial charge in [-0.3, -0.25) is 4.98 Å². The summed E-state index contributed by atoms with van der Waals surface area (Å²) in [4.78, 5) is 4.17. The lowest BCUT2D eigenvalue weighted by Gasteiger charge is -2.07. The molecule has 0 aliphatic carbocycles. The molecule has 3 aromatic carbocycles. The fraction of sp³-hybridized carbons (Fsp3) is 0.125. The van der Waals surface area contributed by atoms with E-state index in [2.05, 4.69) is 53.5 Å². The number of pyridine rings is 1. The van der Waals surface area contributed by atoms with Crippen LogP contribution >= 0.6 is 0 Å². The van der Waals surface area contributed by atoms with Gasteiger partial charge in [0.2, 0.25) is 0 Å². The largest absolute Gasteiger partial charge is 0.253 e. The number of hydrogen-bond acceptors (Lipinski definition) is 1. The van der Waals surface area contributed by atoms with Crippen LogP contribution in [0.4, 0.5) is 4.39 Å². The Morgan fingerprint density at radius 1 is 0.692 bits per heavy atom. The van der Waals surface area contributed by atoms with Crippen LogP contribution in [0.2, 0.25) is 0 Å². The molecule has 0 aliphatic rings. The SMILES string of the molecule is Fc1cccc2c(CCCc3ccc(-c4ccccc4)cc3)ccnc12. The highest BCUT2D eigenvalue weighted by Gasteiger charge is 2.06. The zero-order valence-electron chi connectivity index (χ0n) is 14.5. The van der Waals surface area contributed by atoms with Gasteiger partial charge in [0.25, 0.3) is 0 Å². The Morgan fingerprint density at radius 2 is 1.46 bits per heavy atom. The number of aryl methyl sites for hydroxylation is 2. The zero-order valence-corrected chi connectivity index (χ0v) is 14.5. The van der Waals surface area contributed by atoms with Crippen molar-refractivity contribution in [3.63, 3.8) is 0 Å². The van der Waals surface area contributed by atoms with E-state index in [1.807, 2.05) is 18.2 Å². The minimum Gasteiger partial charge on any atom is -0.253 e. The summed E-state index contributed by atoms with van der Waals surface area (Å²) >= 11 is 0. The molecular formula is C24H20FN. The van der Waals surface area contributed by atoms with E-state index in [0.29, 0.717) is 5.52 Å². The van der Waals surface area contributed by atoms with E-state index >= 15 is 0 Å². The van der Waals surface area contributed by atoms with Crippen molar-refractivity contribution in [3.05, 3.63) is 102 Å². The molecule has 1 heterocycles. The summed E-state index contributed by atoms with van der Waals surface area (Å²) in [6.07, 6.45) is 4.66. The first-order valence-electron chi connectivity index (χ1n) is 8.98. The Kier molecular flexibility index (Phi) is 4.74. The number of benzene rings is 3. The first kappa shape index (κ1) is 16.5. The van der Waals surface area contributed by atoms with Gasteiger partial charge in [0.05, 0.1) is 0 Å². The summed E-state index contributed by atoms with van der Waals surface area (Å²) in [6.45, 7) is 0. The van der Waals surface area contributed by atoms with Crippen molar-refractivity contribution in [2.24, 2.45) is 0 Å². The van der Waals surface area contributed by atoms with Crippen LogP contribution < -0.4 is 0 Å². The van der Waals surface area contributed by atoms with Gasteiger partial charge in [0.15, 0.2) is 0 Å². The van der Waals surface area contributed by atoms with Crippen LogP contribution in [0.1, 0.15) is 17.5 Å². The molecule has 0 spiro atoms. The summed E-state index contributed by atoms with van der Waals surface area (Å²) in [6, 6.07) is 26.4. The van der Waals surface area contributed by atoms with Crippen molar-refractivity contribution in [2.45, 2.75) is 19.3 Å². The van der Waals surface area contributed by atoms with Crippen LogP contribution in [0.15, 0.2) is 85.1 Å². The summed E-state index contributed by atoms with van der Waals surface area (Å²) in [5, 5.41) is 0.923. The predicted octanol–water partition coefficient (Wildman–Crippen LogP) is 6.22. The molecule has 0 amide bonds. The van der Waals surface area contributed by atoms with Crippen LogP contribution in [-0.4, -0.2) is 4.98 Å². The lowest BCUT2D eigenvalue weighted by molar-refractivity contribution is 0.636. The van der Waals surface area contributed by atoms with Crippen molar-refractivity contribution in [1.82, 2.24) is 4.98 Å². The molecule has 0 aliphatic heterocycles. The van der Waals surface area contributed by atoms with Crippen LogP contribution in [0.25, 0.3) is 22.0 Å². The molecule has 0 radical (unpaired) electrons. The van der Waals surface area contributed by atoms with E-state index in [0.717, 1.165) is 30.2 Å². The Bertz CT molecular complexity index is 1010. The molecule has 0 saturated carbocycles. The maximum atomic E-state index is 13.9. The first-order chi connectivity index (χ1) is 12.8. The van der Waals surface area contributed by atoms with Crippen molar-refractivity contribution in [1.29, 1.82) is 0 Å². The second-order valence-electron chi connectivity index (χ2n) is 6.52. The molecule has 1 nitrogen and oxygen atoms in total. The van der Waals surface area contributed by atoms with Crippen molar-refractivity contribution in [2.75, 3.05) is 0 Å². The Morgan fingerprint density at radius 3 is 2.27 bits per heavy atom. The smallest absolute Gasteiger partial charge is 0.149 e. The van der Waals surface area contributed by atoms with Crippen molar-refractivity contribution in [3.8, 4) is 11.1 Å². The van der Waals surface area contributed by atoms with E-state index < -0.39 is 0 Å². The number of halogens is 1. The fourth-order valence-electron chi connectivity index (χ4n) is 3.39. The number of aromatic nitrogens is 1. The number of fused-ring (bicyclic) bond motifs is 1. The average molecular weight is 341 g/mol. The first-order valence-corrected chi connectivity index (χ1v) is 8.98. The monoisotopic (exact) mass is 341 g/mol. The van der Waals surface area contributed by atoms with E-state index in [1.54, 1.807) is 12.3 Å². The van der Waals surface area contributed by atoms with Gasteiger partial charge in [0.1, 0.15) is 11.3 Å². The molecule has 1 aromatic heterocycles. The number of nitrogens with zero attached hydrogens (tertiary/aromatic N) is 1. The second kappa shape index (κ2) is 7.49. The molecule has 2 heteroatoms. The third-order valence-corrected chi connectivity index (χ3v) is 4.78. The summed E-state index contributed by atoms with van der Waals surface area (Å²) < 4.78 is 13.9. The lowest BCUT2D eigenvalue weighted by atomic mass is 9.99. The third kappa shape index (κ3) is 3.50. The Balaban J connectivity index is 1.43. The minimum absolute atomic E-state index is 0.249. The molecule has 26 heavy (non-hydrogen) atoms. The third-order valence-electron chi connectivity index (χ3n) is 4.78. The highest BCUT2D eigenvalue weighted by Crippen LogP contribution is 2.22. The molecular weight excluding hydrogens is 321 g/mol. The summed E-state index contributed by atoms with van der Waals surface area (Å²) in [5.74, 6) is -0.249. The second-order valence-corrected chi connectivity index (χ2v) is 6.52. The quantitative estimate of drug-likeness (QED) is 0.420. The molecule has 0 unspecified atom stereocenters. The topological polar surface area (TPSA) is 12.9 Å². The van der Waals surface area contributed by atoms with E-state index in [9.17, 15) is 4.39 Å². The number of rotatable bonds is 5. The highest BCUT2D eigenvalue weighted by atomic mass is 19.1. The Labute approximate surface area is 153 Å². The van der Waals surface area contributed by atoms with Gasteiger partial charge in [-0.1, -0.05) is 66.7 Å². The van der Waals surface area contributed by atoms with Crippen molar-refractivity contribution < 1.29 is 4.39 Å². The lowest BCUT2D eigenvalue weighted by Crippen LogP contribution is -1.94. The molecule has 4 rings (SSSR count). The number of hydrogen-bond donors (Lipinski definition) is 0. The maximum Gasteiger partial charge on any atom is 0.149 e. The van der Waals surface area contributed by atoms with Gasteiger partial charge < -0.3 is 0 Å². The van der Waals surface area contributed by atoms with E-state index in [-0.39, 0.29) is 5.82 Å². The van der Waals surface area contributed by atoms with Gasteiger partial charge >= 0.3 is 0 Å². The fourth-order valence-corrected chi connectivity index (χ4v) is 3.39. The Hall–Kier alpha value is -3.00. The maximum absolute atomic E-state index is 13.9. The number of para-hydroxylation sites is 1. The van der Waals surface area contributed by atoms with E-state index in [4.69, 9.17) is 0 Å². The molecule has 0 saturated heterocycles. The van der Waals surface area contributed by atoms with Crippen LogP contribution in [0.3, 0.4) is 0 Å². The van der Waals surface area contributed by atoms with Gasteiger partial charge in [-0.05, 0) is 53.6 Å². The zero-order chi connectivity index (χ0) is 17.8. The normalized spacial score (nSPS) is 11.0. The van der Waals surface area contributed by atoms with Gasteiger partial charge in [-0.15, -0.1) is 0 Å². The summed E-state index contributed by atoms with van der Waals surface area (Å²) in [7, 11) is 0. The minimum atomic E-state index is -0.249. The summed E-state index contributed by atoms with van der Waals surface area (Å²) in [5.41, 5.74) is 5.44. The predicted molar refractivity (Wildman–Crippen MR) is 106 cm³/mol. The van der Waals surface area contributed by atoms with Crippen molar-refractivity contribution >= 4 is 10.9 Å². The molecule has 0 fully saturated rings. The molecule has 0 N–H and O–H groups in total. The van der Waals surface area contributed by atoms with Crippen LogP contribution in [0, 0.1) is 5.82 Å². The van der Waals surface area contributed by atoms with Crippen LogP contribution in [0.5, 0.6) is 0 Å². The van der Waals surface area contributed by atoms with E-state index in [1.165, 1.54) is 22.8 Å². The van der Waals surface area contributed by atoms with Crippen LogP contribution in [-0.2, 0) is 12.8 Å². The highest BCUT2D eigenvalue weighted by molar-refractivity contribution is 5.82. The van der Waals surface area contributed by atoms with Gasteiger partial charge in [0, 0.05) is 11.6 Å². The molecule has 128 valence electrons. The molecule has 0 bridgehead atoms. The van der Waals surface area contributed by atoms with Gasteiger partial charge in [-0.2, -0.15) is 0 Å². The standard InChI is InChI=1S/C24H20FN/c25-23-11-5-10-22-21(16-17-26-24(22)23)9-4-6-18-12-14-20(15-13-18)19-7-2-1-3-8-19/h1-3,5,7-8,10-17H,4,6,9H2. The molecule has 0 atom stereocenters. The molecule has 4 aromatic rings. The average Bonchev–Trinajstić information content (AvgIpc) is 2.70. The van der Waals surface area contributed by atoms with Gasteiger partial charge in [-0.25, -0.2) is 4.39 Å².